The third-order valence-corrected chi connectivity index (χ3v) is 5.99. The van der Waals surface area contributed by atoms with Crippen molar-refractivity contribution < 1.29 is 18.0 Å². The van der Waals surface area contributed by atoms with Crippen molar-refractivity contribution in [3.8, 4) is 22.4 Å². The van der Waals surface area contributed by atoms with Gasteiger partial charge in [0.15, 0.2) is 5.65 Å². The molecule has 0 bridgehead atoms. The number of imidazole rings is 1. The van der Waals surface area contributed by atoms with Crippen LogP contribution >= 0.6 is 0 Å². The molecule has 5 aromatic rings. The highest BCUT2D eigenvalue weighted by Crippen LogP contribution is 2.32. The Bertz CT molecular complexity index is 1570. The van der Waals surface area contributed by atoms with Crippen LogP contribution in [0.3, 0.4) is 0 Å². The SMILES string of the molecule is CCc1ccc(C(=O)Nc2cccc(C(F)(F)F)c2)cc1-c1cccc(-c2cnc3cnccn23)c1. The van der Waals surface area contributed by atoms with Gasteiger partial charge in [-0.05, 0) is 59.5 Å². The first kappa shape index (κ1) is 23.3. The Labute approximate surface area is 205 Å². The third kappa shape index (κ3) is 4.57. The molecule has 2 heterocycles. The first-order valence-corrected chi connectivity index (χ1v) is 11.3. The first-order chi connectivity index (χ1) is 17.3. The highest BCUT2D eigenvalue weighted by molar-refractivity contribution is 6.05. The number of nitrogens with one attached hydrogen (secondary N) is 1. The zero-order valence-corrected chi connectivity index (χ0v) is 19.3. The molecule has 0 saturated heterocycles. The van der Waals surface area contributed by atoms with E-state index < -0.39 is 17.6 Å². The van der Waals surface area contributed by atoms with Crippen molar-refractivity contribution in [3.05, 3.63) is 108 Å². The van der Waals surface area contributed by atoms with Crippen molar-refractivity contribution in [2.45, 2.75) is 19.5 Å². The average molecular weight is 486 g/mol. The minimum atomic E-state index is -4.49. The van der Waals surface area contributed by atoms with Crippen molar-refractivity contribution in [1.82, 2.24) is 14.4 Å². The van der Waals surface area contributed by atoms with Crippen LogP contribution in [0.2, 0.25) is 0 Å². The summed E-state index contributed by atoms with van der Waals surface area (Å²) in [5.74, 6) is -0.483. The van der Waals surface area contributed by atoms with Gasteiger partial charge in [-0.3, -0.25) is 14.2 Å². The van der Waals surface area contributed by atoms with Crippen LogP contribution in [0.5, 0.6) is 0 Å². The number of anilines is 1. The van der Waals surface area contributed by atoms with Gasteiger partial charge in [0.05, 0.1) is 23.7 Å². The average Bonchev–Trinajstić information content (AvgIpc) is 3.32. The molecule has 0 aliphatic rings. The van der Waals surface area contributed by atoms with Gasteiger partial charge >= 0.3 is 6.18 Å². The Morgan fingerprint density at radius 2 is 1.78 bits per heavy atom. The zero-order chi connectivity index (χ0) is 25.3. The van der Waals surface area contributed by atoms with E-state index in [9.17, 15) is 18.0 Å². The fourth-order valence-corrected chi connectivity index (χ4v) is 4.17. The van der Waals surface area contributed by atoms with E-state index in [4.69, 9.17) is 0 Å². The van der Waals surface area contributed by atoms with Gasteiger partial charge in [0.2, 0.25) is 0 Å². The number of amides is 1. The molecule has 0 spiro atoms. The van der Waals surface area contributed by atoms with Gasteiger partial charge < -0.3 is 5.32 Å². The van der Waals surface area contributed by atoms with Crippen LogP contribution in [0.4, 0.5) is 18.9 Å². The van der Waals surface area contributed by atoms with Crippen molar-refractivity contribution in [2.75, 3.05) is 5.32 Å². The van der Waals surface area contributed by atoms with Crippen molar-refractivity contribution >= 4 is 17.2 Å². The van der Waals surface area contributed by atoms with Gasteiger partial charge in [-0.15, -0.1) is 0 Å². The summed E-state index contributed by atoms with van der Waals surface area (Å²) < 4.78 is 41.1. The molecule has 3 aromatic carbocycles. The molecular formula is C28H21F3N4O. The van der Waals surface area contributed by atoms with E-state index in [1.807, 2.05) is 47.9 Å². The van der Waals surface area contributed by atoms with Gasteiger partial charge in [0.25, 0.3) is 5.91 Å². The van der Waals surface area contributed by atoms with Crippen LogP contribution in [0, 0.1) is 0 Å². The van der Waals surface area contributed by atoms with Crippen molar-refractivity contribution in [1.29, 1.82) is 0 Å². The molecular weight excluding hydrogens is 465 g/mol. The van der Waals surface area contributed by atoms with Crippen LogP contribution < -0.4 is 5.32 Å². The molecule has 5 rings (SSSR count). The molecule has 0 atom stereocenters. The second-order valence-electron chi connectivity index (χ2n) is 8.29. The quantitative estimate of drug-likeness (QED) is 0.294. The molecule has 0 aliphatic heterocycles. The van der Waals surface area contributed by atoms with Crippen LogP contribution in [0.1, 0.15) is 28.4 Å². The number of carbonyl (C=O) groups is 1. The summed E-state index contributed by atoms with van der Waals surface area (Å²) >= 11 is 0. The summed E-state index contributed by atoms with van der Waals surface area (Å²) in [7, 11) is 0. The highest BCUT2D eigenvalue weighted by Gasteiger charge is 2.30. The summed E-state index contributed by atoms with van der Waals surface area (Å²) in [5, 5.41) is 2.58. The fraction of sp³-hybridized carbons (Fsp3) is 0.107. The lowest BCUT2D eigenvalue weighted by Gasteiger charge is -2.13. The minimum Gasteiger partial charge on any atom is -0.322 e. The third-order valence-electron chi connectivity index (χ3n) is 5.99. The van der Waals surface area contributed by atoms with Crippen LogP contribution in [-0.2, 0) is 12.6 Å². The minimum absolute atomic E-state index is 0.0834. The van der Waals surface area contributed by atoms with E-state index >= 15 is 0 Å². The van der Waals surface area contributed by atoms with Crippen LogP contribution in [0.25, 0.3) is 28.0 Å². The van der Waals surface area contributed by atoms with E-state index in [0.717, 1.165) is 52.1 Å². The normalized spacial score (nSPS) is 11.6. The van der Waals surface area contributed by atoms with Gasteiger partial charge in [-0.2, -0.15) is 13.2 Å². The van der Waals surface area contributed by atoms with Gasteiger partial charge in [0.1, 0.15) is 0 Å². The van der Waals surface area contributed by atoms with E-state index in [2.05, 4.69) is 15.3 Å². The standard InChI is InChI=1S/C28H21F3N4O/c1-2-18-9-10-21(27(36)34-23-8-4-7-22(15-23)28(29,30)31)14-24(18)19-5-3-6-20(13-19)25-16-33-26-17-32-11-12-35(25)26/h3-17H,2H2,1H3,(H,34,36). The van der Waals surface area contributed by atoms with Crippen molar-refractivity contribution in [3.63, 3.8) is 0 Å². The van der Waals surface area contributed by atoms with Gasteiger partial charge in [-0.1, -0.05) is 37.3 Å². The maximum atomic E-state index is 13.1. The highest BCUT2D eigenvalue weighted by atomic mass is 19.4. The number of aromatic nitrogens is 3. The fourth-order valence-electron chi connectivity index (χ4n) is 4.17. The molecule has 5 nitrogen and oxygen atoms in total. The molecule has 0 unspecified atom stereocenters. The molecule has 36 heavy (non-hydrogen) atoms. The Hall–Kier alpha value is -4.46. The van der Waals surface area contributed by atoms with Crippen LogP contribution in [0.15, 0.2) is 91.5 Å². The molecule has 180 valence electrons. The van der Waals surface area contributed by atoms with Crippen molar-refractivity contribution in [2.24, 2.45) is 0 Å². The molecule has 1 amide bonds. The largest absolute Gasteiger partial charge is 0.416 e. The summed E-state index contributed by atoms with van der Waals surface area (Å²) in [5.41, 5.74) is 5.06. The second-order valence-corrected chi connectivity index (χ2v) is 8.29. The molecule has 0 saturated carbocycles. The smallest absolute Gasteiger partial charge is 0.322 e. The summed E-state index contributed by atoms with van der Waals surface area (Å²) in [6, 6.07) is 17.9. The zero-order valence-electron chi connectivity index (χ0n) is 19.3. The lowest BCUT2D eigenvalue weighted by Crippen LogP contribution is -2.13. The number of benzene rings is 3. The van der Waals surface area contributed by atoms with Gasteiger partial charge in [0, 0.05) is 29.2 Å². The lowest BCUT2D eigenvalue weighted by atomic mass is 9.94. The number of hydrogen-bond donors (Lipinski definition) is 1. The van der Waals surface area contributed by atoms with E-state index in [1.54, 1.807) is 30.7 Å². The van der Waals surface area contributed by atoms with Gasteiger partial charge in [-0.25, -0.2) is 4.98 Å². The number of rotatable bonds is 5. The Kier molecular flexibility index (Phi) is 6.01. The lowest BCUT2D eigenvalue weighted by molar-refractivity contribution is -0.137. The topological polar surface area (TPSA) is 59.3 Å². The predicted molar refractivity (Wildman–Crippen MR) is 133 cm³/mol. The summed E-state index contributed by atoms with van der Waals surface area (Å²) in [4.78, 5) is 21.5. The molecule has 1 N–H and O–H groups in total. The van der Waals surface area contributed by atoms with E-state index in [1.165, 1.54) is 12.1 Å². The number of nitrogens with zero attached hydrogens (tertiary/aromatic N) is 3. The Morgan fingerprint density at radius 1 is 0.972 bits per heavy atom. The summed E-state index contributed by atoms with van der Waals surface area (Å²) in [6.07, 6.45) is 3.28. The molecule has 2 aromatic heterocycles. The number of halogens is 3. The van der Waals surface area contributed by atoms with E-state index in [0.29, 0.717) is 5.56 Å². The number of carbonyl (C=O) groups excluding carboxylic acids is 1. The maximum Gasteiger partial charge on any atom is 0.416 e. The maximum absolute atomic E-state index is 13.1. The monoisotopic (exact) mass is 486 g/mol. The molecule has 0 aliphatic carbocycles. The molecule has 8 heteroatoms. The number of hydrogen-bond acceptors (Lipinski definition) is 3. The Morgan fingerprint density at radius 3 is 2.58 bits per heavy atom. The Balaban J connectivity index is 1.49. The number of fused-ring (bicyclic) bond motifs is 1. The first-order valence-electron chi connectivity index (χ1n) is 11.3. The van der Waals surface area contributed by atoms with Crippen LogP contribution in [-0.4, -0.2) is 20.3 Å². The molecule has 0 radical (unpaired) electrons. The number of alkyl halides is 3. The molecule has 0 fully saturated rings. The van der Waals surface area contributed by atoms with E-state index in [-0.39, 0.29) is 5.69 Å². The predicted octanol–water partition coefficient (Wildman–Crippen LogP) is 6.90. The number of aryl methyl sites for hydroxylation is 1. The second kappa shape index (κ2) is 9.30. The summed E-state index contributed by atoms with van der Waals surface area (Å²) in [6.45, 7) is 2.03.